The second-order valence-corrected chi connectivity index (χ2v) is 9.00. The Morgan fingerprint density at radius 2 is 2.17 bits per heavy atom. The lowest BCUT2D eigenvalue weighted by atomic mass is 9.78. The van der Waals surface area contributed by atoms with Gasteiger partial charge in [-0.3, -0.25) is 9.97 Å². The van der Waals surface area contributed by atoms with Crippen molar-refractivity contribution in [2.45, 2.75) is 65.0 Å². The van der Waals surface area contributed by atoms with Crippen LogP contribution in [0.4, 0.5) is 4.39 Å². The molecule has 0 amide bonds. The normalized spacial score (nSPS) is 16.5. The van der Waals surface area contributed by atoms with E-state index in [-0.39, 0.29) is 5.41 Å². The first kappa shape index (κ1) is 22.5. The molecular weight excluding hydrogens is 397 g/mol. The molecule has 5 heteroatoms. The van der Waals surface area contributed by atoms with Gasteiger partial charge >= 0.3 is 0 Å². The van der Waals surface area contributed by atoms with Crippen LogP contribution in [0.1, 0.15) is 68.5 Å². The van der Waals surface area contributed by atoms with Crippen molar-refractivity contribution in [2.75, 3.05) is 6.54 Å². The molecule has 2 atom stereocenters. The standard InChI is InChI=1S/C25H31ClFN3/c1-6-10-28-15-25(5,18-8-9-18)23-12-20(16(3)7-2)17(4)24(30-23)21-11-19(13-27)29-14-22(21)26/h10-12,14,16,18,28H,1,7-9,13,15H2,2-5H3. The molecule has 1 saturated carbocycles. The van der Waals surface area contributed by atoms with E-state index in [0.717, 1.165) is 35.5 Å². The van der Waals surface area contributed by atoms with E-state index in [1.54, 1.807) is 12.3 Å². The molecule has 3 nitrogen and oxygen atoms in total. The highest BCUT2D eigenvalue weighted by Gasteiger charge is 2.44. The van der Waals surface area contributed by atoms with E-state index >= 15 is 0 Å². The van der Waals surface area contributed by atoms with Crippen LogP contribution in [0.3, 0.4) is 0 Å². The van der Waals surface area contributed by atoms with E-state index in [1.807, 2.05) is 0 Å². The quantitative estimate of drug-likeness (QED) is 0.455. The van der Waals surface area contributed by atoms with E-state index in [4.69, 9.17) is 16.6 Å². The van der Waals surface area contributed by atoms with Crippen molar-refractivity contribution in [3.05, 3.63) is 64.4 Å². The summed E-state index contributed by atoms with van der Waals surface area (Å²) < 4.78 is 13.3. The van der Waals surface area contributed by atoms with Gasteiger partial charge in [-0.05, 0) is 61.3 Å². The van der Waals surface area contributed by atoms with Crippen LogP contribution in [0.15, 0.2) is 36.8 Å². The zero-order chi connectivity index (χ0) is 21.9. The van der Waals surface area contributed by atoms with Crippen molar-refractivity contribution >= 4 is 11.6 Å². The average Bonchev–Trinajstić information content (AvgIpc) is 3.60. The topological polar surface area (TPSA) is 37.8 Å². The molecule has 0 radical (unpaired) electrons. The van der Waals surface area contributed by atoms with Crippen molar-refractivity contribution in [1.82, 2.24) is 15.3 Å². The van der Waals surface area contributed by atoms with Gasteiger partial charge in [-0.2, -0.15) is 0 Å². The van der Waals surface area contributed by atoms with E-state index in [0.29, 0.717) is 22.6 Å². The van der Waals surface area contributed by atoms with Gasteiger partial charge in [0.05, 0.1) is 16.4 Å². The molecule has 1 N–H and O–H groups in total. The van der Waals surface area contributed by atoms with E-state index in [2.05, 4.69) is 56.4 Å². The fraction of sp³-hybridized carbons (Fsp3) is 0.480. The lowest BCUT2D eigenvalue weighted by Crippen LogP contribution is -2.37. The maximum atomic E-state index is 13.3. The highest BCUT2D eigenvalue weighted by atomic mass is 35.5. The number of pyridine rings is 2. The summed E-state index contributed by atoms with van der Waals surface area (Å²) in [4.78, 5) is 9.23. The molecule has 0 aliphatic heterocycles. The molecule has 0 saturated heterocycles. The van der Waals surface area contributed by atoms with Gasteiger partial charge < -0.3 is 5.32 Å². The van der Waals surface area contributed by atoms with E-state index < -0.39 is 6.67 Å². The van der Waals surface area contributed by atoms with Crippen molar-refractivity contribution in [3.63, 3.8) is 0 Å². The third-order valence-corrected chi connectivity index (χ3v) is 6.80. The summed E-state index contributed by atoms with van der Waals surface area (Å²) >= 11 is 6.51. The number of hydrogen-bond donors (Lipinski definition) is 1. The Balaban J connectivity index is 2.22. The van der Waals surface area contributed by atoms with Gasteiger partial charge in [-0.25, -0.2) is 4.39 Å². The summed E-state index contributed by atoms with van der Waals surface area (Å²) in [5.41, 5.74) is 8.05. The van der Waals surface area contributed by atoms with Crippen LogP contribution < -0.4 is 5.32 Å². The fourth-order valence-electron chi connectivity index (χ4n) is 4.15. The molecule has 0 spiro atoms. The molecule has 1 aliphatic rings. The van der Waals surface area contributed by atoms with Crippen molar-refractivity contribution in [3.8, 4) is 11.3 Å². The first-order valence-corrected chi connectivity index (χ1v) is 11.0. The van der Waals surface area contributed by atoms with Gasteiger partial charge in [-0.1, -0.05) is 39.0 Å². The van der Waals surface area contributed by atoms with Crippen LogP contribution >= 0.6 is 11.6 Å². The Morgan fingerprint density at radius 3 is 2.77 bits per heavy atom. The van der Waals surface area contributed by atoms with E-state index in [9.17, 15) is 4.39 Å². The van der Waals surface area contributed by atoms with Gasteiger partial charge in [0.25, 0.3) is 0 Å². The molecule has 1 fully saturated rings. The van der Waals surface area contributed by atoms with Crippen LogP contribution in [0.25, 0.3) is 11.3 Å². The minimum Gasteiger partial charge on any atom is -0.384 e. The van der Waals surface area contributed by atoms with Gasteiger partial charge in [0, 0.05) is 35.6 Å². The van der Waals surface area contributed by atoms with Crippen LogP contribution in [0.5, 0.6) is 0 Å². The van der Waals surface area contributed by atoms with Crippen LogP contribution in [0, 0.1) is 12.8 Å². The summed E-state index contributed by atoms with van der Waals surface area (Å²) in [6, 6.07) is 4.00. The summed E-state index contributed by atoms with van der Waals surface area (Å²) in [6.07, 6.45) is 6.71. The average molecular weight is 428 g/mol. The van der Waals surface area contributed by atoms with E-state index in [1.165, 1.54) is 24.6 Å². The molecule has 0 bridgehead atoms. The largest absolute Gasteiger partial charge is 0.384 e. The second-order valence-electron chi connectivity index (χ2n) is 8.59. The molecule has 160 valence electrons. The molecule has 2 aromatic heterocycles. The zero-order valence-electron chi connectivity index (χ0n) is 18.4. The number of aromatic nitrogens is 2. The predicted molar refractivity (Wildman–Crippen MR) is 123 cm³/mol. The SMILES string of the molecule is C=C=CNCC(C)(c1cc(C(C)CC)c(C)c(-c2cc(CF)ncc2Cl)n1)C1CC1. The number of rotatable bonds is 9. The molecule has 0 aromatic carbocycles. The molecule has 3 rings (SSSR count). The fourth-order valence-corrected chi connectivity index (χ4v) is 4.34. The summed E-state index contributed by atoms with van der Waals surface area (Å²) in [5, 5.41) is 3.83. The van der Waals surface area contributed by atoms with Crippen LogP contribution in [-0.2, 0) is 12.1 Å². The Hall–Kier alpha value is -2.16. The lowest BCUT2D eigenvalue weighted by molar-refractivity contribution is 0.387. The smallest absolute Gasteiger partial charge is 0.131 e. The van der Waals surface area contributed by atoms with Crippen molar-refractivity contribution < 1.29 is 4.39 Å². The number of alkyl halides is 1. The predicted octanol–water partition coefficient (Wildman–Crippen LogP) is 6.64. The summed E-state index contributed by atoms with van der Waals surface area (Å²) in [7, 11) is 0. The minimum absolute atomic E-state index is 0.125. The highest BCUT2D eigenvalue weighted by molar-refractivity contribution is 6.33. The third kappa shape index (κ3) is 4.45. The first-order valence-electron chi connectivity index (χ1n) is 10.7. The maximum absolute atomic E-state index is 13.3. The Bertz CT molecular complexity index is 963. The molecule has 2 unspecified atom stereocenters. The van der Waals surface area contributed by atoms with Gasteiger partial charge in [0.2, 0.25) is 0 Å². The third-order valence-electron chi connectivity index (χ3n) is 6.50. The molecule has 1 aliphatic carbocycles. The van der Waals surface area contributed by atoms with Gasteiger partial charge in [-0.15, -0.1) is 5.73 Å². The molecule has 30 heavy (non-hydrogen) atoms. The highest BCUT2D eigenvalue weighted by Crippen LogP contribution is 2.48. The van der Waals surface area contributed by atoms with Crippen molar-refractivity contribution in [2.24, 2.45) is 5.92 Å². The van der Waals surface area contributed by atoms with Crippen LogP contribution in [0.2, 0.25) is 5.02 Å². The number of hydrogen-bond acceptors (Lipinski definition) is 3. The maximum Gasteiger partial charge on any atom is 0.131 e. The van der Waals surface area contributed by atoms with Crippen molar-refractivity contribution in [1.29, 1.82) is 0 Å². The number of halogens is 2. The summed E-state index contributed by atoms with van der Waals surface area (Å²) in [5.74, 6) is 0.960. The van der Waals surface area contributed by atoms with Gasteiger partial charge in [0.1, 0.15) is 6.67 Å². The Labute approximate surface area is 184 Å². The number of nitrogens with zero attached hydrogens (tertiary/aromatic N) is 2. The Morgan fingerprint density at radius 1 is 1.43 bits per heavy atom. The molecule has 2 aromatic rings. The monoisotopic (exact) mass is 427 g/mol. The second kappa shape index (κ2) is 9.32. The molecular formula is C25H31ClFN3. The van der Waals surface area contributed by atoms with Gasteiger partial charge in [0.15, 0.2) is 0 Å². The minimum atomic E-state index is -0.626. The Kier molecular flexibility index (Phi) is 7.00. The first-order chi connectivity index (χ1) is 14.3. The lowest BCUT2D eigenvalue weighted by Gasteiger charge is -2.31. The zero-order valence-corrected chi connectivity index (χ0v) is 19.1. The number of nitrogens with one attached hydrogen (secondary N) is 1. The summed E-state index contributed by atoms with van der Waals surface area (Å²) in [6.45, 7) is 12.6. The van der Waals surface area contributed by atoms with Crippen LogP contribution in [-0.4, -0.2) is 16.5 Å². The molecule has 2 heterocycles.